The second kappa shape index (κ2) is 6.16. The van der Waals surface area contributed by atoms with Crippen LogP contribution in [-0.4, -0.2) is 32.9 Å². The highest BCUT2D eigenvalue weighted by Crippen LogP contribution is 2.30. The summed E-state index contributed by atoms with van der Waals surface area (Å²) in [5.74, 6) is -0.938. The molecule has 0 bridgehead atoms. The van der Waals surface area contributed by atoms with Gasteiger partial charge < -0.3 is 5.73 Å². The molecule has 102 valence electrons. The van der Waals surface area contributed by atoms with Crippen molar-refractivity contribution in [2.75, 3.05) is 20.1 Å². The summed E-state index contributed by atoms with van der Waals surface area (Å²) < 4.78 is 38.8. The molecule has 0 fully saturated rings. The summed E-state index contributed by atoms with van der Waals surface area (Å²) in [5, 5.41) is -0.717. The van der Waals surface area contributed by atoms with E-state index in [1.807, 2.05) is 0 Å². The molecule has 0 heterocycles. The quantitative estimate of drug-likeness (QED) is 0.847. The zero-order chi connectivity index (χ0) is 13.9. The van der Waals surface area contributed by atoms with Crippen molar-refractivity contribution in [3.8, 4) is 0 Å². The van der Waals surface area contributed by atoms with Crippen LogP contribution >= 0.6 is 23.2 Å². The molecule has 0 radical (unpaired) electrons. The minimum absolute atomic E-state index is 0.219. The van der Waals surface area contributed by atoms with Crippen molar-refractivity contribution >= 4 is 33.2 Å². The number of hydrogen-bond donors (Lipinski definition) is 1. The molecule has 8 heteroatoms. The summed E-state index contributed by atoms with van der Waals surface area (Å²) >= 11 is 11.2. The Morgan fingerprint density at radius 3 is 2.56 bits per heavy atom. The Labute approximate surface area is 116 Å². The summed E-state index contributed by atoms with van der Waals surface area (Å²) in [6.45, 7) is 0.599. The fourth-order valence-electron chi connectivity index (χ4n) is 1.31. The molecular weight excluding hydrogens is 302 g/mol. The van der Waals surface area contributed by atoms with Gasteiger partial charge in [0.2, 0.25) is 10.0 Å². The first-order chi connectivity index (χ1) is 8.32. The van der Waals surface area contributed by atoms with Crippen molar-refractivity contribution in [1.82, 2.24) is 4.31 Å². The lowest BCUT2D eigenvalue weighted by molar-refractivity contribution is 0.463. The first-order valence-electron chi connectivity index (χ1n) is 5.12. The molecule has 0 unspecified atom stereocenters. The lowest BCUT2D eigenvalue weighted by Crippen LogP contribution is -2.29. The predicted molar refractivity (Wildman–Crippen MR) is 69.9 cm³/mol. The van der Waals surface area contributed by atoms with Crippen LogP contribution in [0.25, 0.3) is 0 Å². The molecule has 0 saturated heterocycles. The molecule has 4 nitrogen and oxygen atoms in total. The second-order valence-corrected chi connectivity index (χ2v) is 6.44. The summed E-state index contributed by atoms with van der Waals surface area (Å²) in [7, 11) is -2.45. The van der Waals surface area contributed by atoms with Crippen LogP contribution in [0.3, 0.4) is 0 Å². The maximum absolute atomic E-state index is 13.5. The topological polar surface area (TPSA) is 63.4 Å². The zero-order valence-corrected chi connectivity index (χ0v) is 12.0. The third-order valence-electron chi connectivity index (χ3n) is 2.37. The Hall–Kier alpha value is -0.400. The maximum Gasteiger partial charge on any atom is 0.244 e. The van der Waals surface area contributed by atoms with E-state index in [0.29, 0.717) is 13.0 Å². The van der Waals surface area contributed by atoms with Crippen LogP contribution in [0.15, 0.2) is 17.0 Å². The number of nitrogens with zero attached hydrogens (tertiary/aromatic N) is 1. The SMILES string of the molecule is CN(CCCN)S(=O)(=O)c1ccc(Cl)c(F)c1Cl. The molecule has 1 rings (SSSR count). The molecule has 1 aromatic carbocycles. The Kier molecular flexibility index (Phi) is 5.36. The summed E-state index contributed by atoms with van der Waals surface area (Å²) in [5.41, 5.74) is 5.31. The lowest BCUT2D eigenvalue weighted by Gasteiger charge is -2.17. The third-order valence-corrected chi connectivity index (χ3v) is 5.04. The van der Waals surface area contributed by atoms with Gasteiger partial charge in [-0.15, -0.1) is 0 Å². The highest BCUT2D eigenvalue weighted by atomic mass is 35.5. The summed E-state index contributed by atoms with van der Waals surface area (Å²) in [4.78, 5) is -0.300. The zero-order valence-electron chi connectivity index (χ0n) is 9.66. The van der Waals surface area contributed by atoms with Crippen LogP contribution in [0.4, 0.5) is 4.39 Å². The average molecular weight is 315 g/mol. The van der Waals surface area contributed by atoms with Crippen LogP contribution < -0.4 is 5.73 Å². The van der Waals surface area contributed by atoms with E-state index < -0.39 is 20.9 Å². The predicted octanol–water partition coefficient (Wildman–Crippen LogP) is 2.10. The normalized spacial score (nSPS) is 12.1. The van der Waals surface area contributed by atoms with E-state index in [1.165, 1.54) is 13.1 Å². The number of nitrogens with two attached hydrogens (primary N) is 1. The van der Waals surface area contributed by atoms with Gasteiger partial charge in [-0.05, 0) is 25.1 Å². The van der Waals surface area contributed by atoms with E-state index >= 15 is 0 Å². The van der Waals surface area contributed by atoms with Gasteiger partial charge in [0.25, 0.3) is 0 Å². The van der Waals surface area contributed by atoms with Crippen molar-refractivity contribution in [3.05, 3.63) is 28.0 Å². The Balaban J connectivity index is 3.17. The van der Waals surface area contributed by atoms with Gasteiger partial charge in [0, 0.05) is 13.6 Å². The second-order valence-electron chi connectivity index (χ2n) is 3.64. The maximum atomic E-state index is 13.5. The van der Waals surface area contributed by atoms with Crippen LogP contribution in [0.5, 0.6) is 0 Å². The van der Waals surface area contributed by atoms with E-state index in [1.54, 1.807) is 0 Å². The first-order valence-corrected chi connectivity index (χ1v) is 7.32. The number of hydrogen-bond acceptors (Lipinski definition) is 3. The monoisotopic (exact) mass is 314 g/mol. The van der Waals surface area contributed by atoms with Crippen LogP contribution in [0.1, 0.15) is 6.42 Å². The van der Waals surface area contributed by atoms with Crippen molar-refractivity contribution in [2.24, 2.45) is 5.73 Å². The average Bonchev–Trinajstić information content (AvgIpc) is 2.32. The van der Waals surface area contributed by atoms with E-state index in [2.05, 4.69) is 0 Å². The van der Waals surface area contributed by atoms with E-state index in [4.69, 9.17) is 28.9 Å². The van der Waals surface area contributed by atoms with E-state index in [0.717, 1.165) is 10.4 Å². The molecular formula is C10H13Cl2FN2O2S. The summed E-state index contributed by atoms with van der Waals surface area (Å²) in [6.07, 6.45) is 0.503. The van der Waals surface area contributed by atoms with Gasteiger partial charge in [-0.1, -0.05) is 23.2 Å². The minimum atomic E-state index is -3.83. The number of sulfonamides is 1. The van der Waals surface area contributed by atoms with Crippen molar-refractivity contribution in [3.63, 3.8) is 0 Å². The first kappa shape index (κ1) is 15.7. The van der Waals surface area contributed by atoms with Crippen LogP contribution in [0.2, 0.25) is 10.0 Å². The van der Waals surface area contributed by atoms with Gasteiger partial charge in [-0.3, -0.25) is 0 Å². The molecule has 0 amide bonds. The van der Waals surface area contributed by atoms with Crippen molar-refractivity contribution < 1.29 is 12.8 Å². The largest absolute Gasteiger partial charge is 0.330 e. The Morgan fingerprint density at radius 2 is 2.00 bits per heavy atom. The minimum Gasteiger partial charge on any atom is -0.330 e. The molecule has 1 aromatic rings. The van der Waals surface area contributed by atoms with Crippen molar-refractivity contribution in [1.29, 1.82) is 0 Å². The van der Waals surface area contributed by atoms with Crippen LogP contribution in [0, 0.1) is 5.82 Å². The van der Waals surface area contributed by atoms with E-state index in [-0.39, 0.29) is 16.5 Å². The smallest absolute Gasteiger partial charge is 0.244 e. The molecule has 0 aromatic heterocycles. The van der Waals surface area contributed by atoms with Gasteiger partial charge in [0.1, 0.15) is 4.90 Å². The standard InChI is InChI=1S/C10H13Cl2FN2O2S/c1-15(6-2-5-14)18(16,17)8-4-3-7(11)10(13)9(8)12/h3-4H,2,5-6,14H2,1H3. The number of benzene rings is 1. The molecule has 0 spiro atoms. The fraction of sp³-hybridized carbons (Fsp3) is 0.400. The van der Waals surface area contributed by atoms with Gasteiger partial charge in [-0.25, -0.2) is 17.1 Å². The van der Waals surface area contributed by atoms with Crippen LogP contribution in [-0.2, 0) is 10.0 Å². The molecule has 18 heavy (non-hydrogen) atoms. The van der Waals surface area contributed by atoms with Gasteiger partial charge in [-0.2, -0.15) is 0 Å². The lowest BCUT2D eigenvalue weighted by atomic mass is 10.3. The van der Waals surface area contributed by atoms with E-state index in [9.17, 15) is 12.8 Å². The Morgan fingerprint density at radius 1 is 1.39 bits per heavy atom. The molecule has 2 N–H and O–H groups in total. The highest BCUT2D eigenvalue weighted by Gasteiger charge is 2.25. The van der Waals surface area contributed by atoms with Crippen molar-refractivity contribution in [2.45, 2.75) is 11.3 Å². The highest BCUT2D eigenvalue weighted by molar-refractivity contribution is 7.89. The fourth-order valence-corrected chi connectivity index (χ4v) is 3.23. The third kappa shape index (κ3) is 3.13. The Bertz CT molecular complexity index is 537. The number of halogens is 3. The van der Waals surface area contributed by atoms with Gasteiger partial charge in [0.05, 0.1) is 10.0 Å². The molecule has 0 aliphatic heterocycles. The molecule has 0 atom stereocenters. The number of rotatable bonds is 5. The molecule has 0 saturated carbocycles. The molecule has 0 aliphatic carbocycles. The molecule has 0 aliphatic rings. The summed E-state index contributed by atoms with van der Waals surface area (Å²) in [6, 6.07) is 2.34. The van der Waals surface area contributed by atoms with Gasteiger partial charge >= 0.3 is 0 Å². The van der Waals surface area contributed by atoms with Gasteiger partial charge in [0.15, 0.2) is 5.82 Å².